The predicted octanol–water partition coefficient (Wildman–Crippen LogP) is 2.21. The average molecular weight is 403 g/mol. The Kier molecular flexibility index (Phi) is 5.19. The molecule has 0 aromatic heterocycles. The van der Waals surface area contributed by atoms with E-state index in [-0.39, 0.29) is 17.8 Å². The fourth-order valence-electron chi connectivity index (χ4n) is 3.78. The molecule has 0 saturated carbocycles. The predicted molar refractivity (Wildman–Crippen MR) is 103 cm³/mol. The summed E-state index contributed by atoms with van der Waals surface area (Å²) in [6.07, 6.45) is 2.01. The fraction of sp³-hybridized carbons (Fsp3) is 0.300. The third-order valence-corrected chi connectivity index (χ3v) is 5.31. The van der Waals surface area contributed by atoms with Crippen LogP contribution >= 0.6 is 11.6 Å². The van der Waals surface area contributed by atoms with Crippen molar-refractivity contribution in [3.63, 3.8) is 0 Å². The Morgan fingerprint density at radius 3 is 2.64 bits per heavy atom. The topological polar surface area (TPSA) is 71.7 Å². The first-order chi connectivity index (χ1) is 13.6. The molecule has 1 saturated heterocycles. The Balaban J connectivity index is 1.92. The van der Waals surface area contributed by atoms with Crippen molar-refractivity contribution < 1.29 is 14.8 Å². The SMILES string of the molecule is O/N=C(/C1CN(O)C(c2ccccc2F)=c2cc(Cl)ccc2=N1)N1CCCC1. The molecule has 28 heavy (non-hydrogen) atoms. The molecule has 1 fully saturated rings. The van der Waals surface area contributed by atoms with Gasteiger partial charge in [0, 0.05) is 28.9 Å². The van der Waals surface area contributed by atoms with Gasteiger partial charge in [0.05, 0.1) is 17.6 Å². The zero-order valence-electron chi connectivity index (χ0n) is 15.1. The van der Waals surface area contributed by atoms with Gasteiger partial charge in [0.1, 0.15) is 11.9 Å². The molecule has 2 heterocycles. The van der Waals surface area contributed by atoms with E-state index in [0.717, 1.165) is 31.0 Å². The molecule has 8 heteroatoms. The van der Waals surface area contributed by atoms with Crippen molar-refractivity contribution in [1.29, 1.82) is 0 Å². The van der Waals surface area contributed by atoms with Crippen molar-refractivity contribution >= 4 is 23.1 Å². The van der Waals surface area contributed by atoms with E-state index >= 15 is 0 Å². The summed E-state index contributed by atoms with van der Waals surface area (Å²) in [5.41, 5.74) is 0.522. The zero-order chi connectivity index (χ0) is 19.7. The second-order valence-corrected chi connectivity index (χ2v) is 7.31. The Morgan fingerprint density at radius 2 is 1.93 bits per heavy atom. The first kappa shape index (κ1) is 18.7. The quantitative estimate of drug-likeness (QED) is 0.350. The Bertz CT molecular complexity index is 1040. The van der Waals surface area contributed by atoms with Gasteiger partial charge in [-0.15, -0.1) is 0 Å². The van der Waals surface area contributed by atoms with Gasteiger partial charge in [-0.2, -0.15) is 0 Å². The molecule has 2 aliphatic heterocycles. The van der Waals surface area contributed by atoms with Gasteiger partial charge < -0.3 is 10.1 Å². The lowest BCUT2D eigenvalue weighted by molar-refractivity contribution is -0.0283. The number of benzene rings is 2. The molecule has 0 bridgehead atoms. The van der Waals surface area contributed by atoms with E-state index in [0.29, 0.717) is 21.4 Å². The van der Waals surface area contributed by atoms with Crippen LogP contribution in [-0.2, 0) is 0 Å². The lowest BCUT2D eigenvalue weighted by Gasteiger charge is -2.27. The van der Waals surface area contributed by atoms with Crippen molar-refractivity contribution in [2.45, 2.75) is 18.9 Å². The third-order valence-electron chi connectivity index (χ3n) is 5.07. The number of likely N-dealkylation sites (tertiary alicyclic amines) is 1. The normalized spacial score (nSPS) is 20.0. The van der Waals surface area contributed by atoms with E-state index in [9.17, 15) is 14.8 Å². The van der Waals surface area contributed by atoms with E-state index in [4.69, 9.17) is 16.6 Å². The number of oxime groups is 1. The summed E-state index contributed by atoms with van der Waals surface area (Å²) in [6.45, 7) is 1.56. The van der Waals surface area contributed by atoms with Crippen LogP contribution in [-0.4, -0.2) is 51.9 Å². The lowest BCUT2D eigenvalue weighted by atomic mass is 10.1. The second-order valence-electron chi connectivity index (χ2n) is 6.87. The van der Waals surface area contributed by atoms with Gasteiger partial charge in [-0.1, -0.05) is 28.9 Å². The number of hydrogen-bond donors (Lipinski definition) is 2. The van der Waals surface area contributed by atoms with Crippen LogP contribution in [0.15, 0.2) is 52.6 Å². The van der Waals surface area contributed by atoms with E-state index in [1.165, 1.54) is 6.07 Å². The highest BCUT2D eigenvalue weighted by molar-refractivity contribution is 6.30. The number of rotatable bonds is 2. The van der Waals surface area contributed by atoms with Gasteiger partial charge in [-0.05, 0) is 43.2 Å². The molecule has 6 nitrogen and oxygen atoms in total. The summed E-state index contributed by atoms with van der Waals surface area (Å²) in [5.74, 6) is -0.0660. The number of halogens is 2. The molecular weight excluding hydrogens is 383 g/mol. The van der Waals surface area contributed by atoms with Crippen molar-refractivity contribution in [2.24, 2.45) is 10.1 Å². The van der Waals surface area contributed by atoms with Crippen LogP contribution in [0.4, 0.5) is 4.39 Å². The molecule has 4 rings (SSSR count). The summed E-state index contributed by atoms with van der Waals surface area (Å²) in [4.78, 5) is 6.68. The molecule has 0 amide bonds. The Hall–Kier alpha value is -2.64. The molecular formula is C20H20ClFN4O2. The molecule has 2 aromatic rings. The van der Waals surface area contributed by atoms with Crippen molar-refractivity contribution in [1.82, 2.24) is 9.96 Å². The van der Waals surface area contributed by atoms with Crippen LogP contribution in [0, 0.1) is 5.82 Å². The molecule has 2 aromatic carbocycles. The number of fused-ring (bicyclic) bond motifs is 1. The number of amidine groups is 1. The van der Waals surface area contributed by atoms with Crippen molar-refractivity contribution in [3.05, 3.63) is 69.4 Å². The first-order valence-electron chi connectivity index (χ1n) is 9.14. The van der Waals surface area contributed by atoms with E-state index in [1.54, 1.807) is 36.4 Å². The van der Waals surface area contributed by atoms with Gasteiger partial charge in [-0.3, -0.25) is 15.3 Å². The monoisotopic (exact) mass is 402 g/mol. The maximum absolute atomic E-state index is 14.5. The van der Waals surface area contributed by atoms with Gasteiger partial charge in [0.25, 0.3) is 0 Å². The number of hydroxylamine groups is 2. The van der Waals surface area contributed by atoms with Gasteiger partial charge in [0.2, 0.25) is 0 Å². The average Bonchev–Trinajstić information content (AvgIpc) is 3.16. The van der Waals surface area contributed by atoms with Crippen LogP contribution in [0.5, 0.6) is 0 Å². The lowest BCUT2D eigenvalue weighted by Crippen LogP contribution is -2.42. The van der Waals surface area contributed by atoms with Crippen LogP contribution in [0.1, 0.15) is 18.4 Å². The van der Waals surface area contributed by atoms with E-state index in [2.05, 4.69) is 5.16 Å². The third kappa shape index (κ3) is 3.43. The molecule has 2 N–H and O–H groups in total. The number of hydrogen-bond acceptors (Lipinski definition) is 5. The summed E-state index contributed by atoms with van der Waals surface area (Å²) in [7, 11) is 0. The van der Waals surface area contributed by atoms with Gasteiger partial charge >= 0.3 is 0 Å². The minimum absolute atomic E-state index is 0.0197. The second kappa shape index (κ2) is 7.77. The number of nitrogens with zero attached hydrogens (tertiary/aromatic N) is 4. The zero-order valence-corrected chi connectivity index (χ0v) is 15.8. The first-order valence-corrected chi connectivity index (χ1v) is 9.52. The minimum atomic E-state index is -0.614. The maximum atomic E-state index is 14.5. The Labute approximate surface area is 166 Å². The minimum Gasteiger partial charge on any atom is -0.409 e. The summed E-state index contributed by atoms with van der Waals surface area (Å²) < 4.78 is 14.5. The molecule has 1 unspecified atom stereocenters. The van der Waals surface area contributed by atoms with Gasteiger partial charge in [-0.25, -0.2) is 4.39 Å². The van der Waals surface area contributed by atoms with Gasteiger partial charge in [0.15, 0.2) is 5.84 Å². The van der Waals surface area contributed by atoms with E-state index < -0.39 is 11.9 Å². The van der Waals surface area contributed by atoms with Crippen LogP contribution in [0.3, 0.4) is 0 Å². The highest BCUT2D eigenvalue weighted by atomic mass is 35.5. The van der Waals surface area contributed by atoms with Crippen LogP contribution in [0.2, 0.25) is 5.02 Å². The fourth-order valence-corrected chi connectivity index (χ4v) is 3.95. The molecule has 0 radical (unpaired) electrons. The van der Waals surface area contributed by atoms with Crippen molar-refractivity contribution in [2.75, 3.05) is 19.6 Å². The summed E-state index contributed by atoms with van der Waals surface area (Å²) >= 11 is 6.18. The van der Waals surface area contributed by atoms with E-state index in [1.807, 2.05) is 4.90 Å². The summed E-state index contributed by atoms with van der Waals surface area (Å²) in [5, 5.41) is 26.5. The molecule has 146 valence electrons. The highest BCUT2D eigenvalue weighted by Crippen LogP contribution is 2.21. The highest BCUT2D eigenvalue weighted by Gasteiger charge is 2.30. The molecule has 1 atom stereocenters. The maximum Gasteiger partial charge on any atom is 0.171 e. The Morgan fingerprint density at radius 1 is 1.18 bits per heavy atom. The molecule has 0 aliphatic carbocycles. The molecule has 0 spiro atoms. The smallest absolute Gasteiger partial charge is 0.171 e. The van der Waals surface area contributed by atoms with Crippen LogP contribution < -0.4 is 10.6 Å². The van der Waals surface area contributed by atoms with Crippen LogP contribution in [0.25, 0.3) is 5.70 Å². The van der Waals surface area contributed by atoms with Crippen molar-refractivity contribution in [3.8, 4) is 0 Å². The largest absolute Gasteiger partial charge is 0.409 e. The standard InChI is InChI=1S/C20H20ClFN4O2/c21-13-7-8-17-15(11-13)19(14-5-1-2-6-16(14)22)26(28)12-18(23-17)20(24-27)25-9-3-4-10-25/h1-2,5-8,11,18,27-28H,3-4,9-10,12H2/b24-20-. The summed E-state index contributed by atoms with van der Waals surface area (Å²) in [6, 6.07) is 10.7. The molecule has 2 aliphatic rings.